The molecule has 1 heterocycles. The van der Waals surface area contributed by atoms with Gasteiger partial charge in [0.05, 0.1) is 12.2 Å². The Bertz CT molecular complexity index is 1220. The molecule has 0 aliphatic heterocycles. The number of nitrogens with one attached hydrogen (secondary N) is 2. The number of anilines is 2. The van der Waals surface area contributed by atoms with Crippen LogP contribution in [0.2, 0.25) is 0 Å². The average molecular weight is 432 g/mol. The number of rotatable bonds is 7. The molecular weight excluding hydrogens is 410 g/mol. The van der Waals surface area contributed by atoms with Gasteiger partial charge in [-0.1, -0.05) is 60.3 Å². The van der Waals surface area contributed by atoms with Crippen molar-refractivity contribution < 1.29 is 9.59 Å². The standard InChI is InChI=1S/C23H21N5O2S/c1-28-20(14-21(29)24-18-9-3-2-4-10-18)26-27-23(28)31-15-22(30)25-19-12-11-16-7-5-6-8-17(16)13-19/h2-13H,14-15H2,1H3,(H,24,29)(H,25,30). The van der Waals surface area contributed by atoms with Crippen molar-refractivity contribution in [3.63, 3.8) is 0 Å². The van der Waals surface area contributed by atoms with E-state index in [4.69, 9.17) is 0 Å². The van der Waals surface area contributed by atoms with Crippen LogP contribution in [0, 0.1) is 0 Å². The molecule has 4 aromatic rings. The number of carbonyl (C=O) groups is 2. The van der Waals surface area contributed by atoms with Crippen LogP contribution in [-0.4, -0.2) is 32.3 Å². The summed E-state index contributed by atoms with van der Waals surface area (Å²) in [6.07, 6.45) is 0.0994. The number of carbonyl (C=O) groups excluding carboxylic acids is 2. The lowest BCUT2D eigenvalue weighted by Gasteiger charge is -2.07. The van der Waals surface area contributed by atoms with Gasteiger partial charge in [-0.05, 0) is 35.0 Å². The van der Waals surface area contributed by atoms with Crippen LogP contribution in [0.25, 0.3) is 10.8 Å². The number of benzene rings is 3. The van der Waals surface area contributed by atoms with Gasteiger partial charge in [0.15, 0.2) is 5.16 Å². The minimum Gasteiger partial charge on any atom is -0.326 e. The molecule has 7 nitrogen and oxygen atoms in total. The molecule has 0 aliphatic carbocycles. The van der Waals surface area contributed by atoms with E-state index < -0.39 is 0 Å². The van der Waals surface area contributed by atoms with E-state index >= 15 is 0 Å². The summed E-state index contributed by atoms with van der Waals surface area (Å²) < 4.78 is 1.73. The fraction of sp³-hybridized carbons (Fsp3) is 0.130. The van der Waals surface area contributed by atoms with E-state index in [9.17, 15) is 9.59 Å². The molecule has 0 saturated carbocycles. The zero-order chi connectivity index (χ0) is 21.6. The minimum absolute atomic E-state index is 0.0994. The average Bonchev–Trinajstić information content (AvgIpc) is 3.12. The third kappa shape index (κ3) is 5.29. The van der Waals surface area contributed by atoms with E-state index in [0.717, 1.165) is 22.1 Å². The highest BCUT2D eigenvalue weighted by Gasteiger charge is 2.14. The Hall–Kier alpha value is -3.65. The first-order valence-electron chi connectivity index (χ1n) is 9.73. The molecule has 0 fully saturated rings. The maximum absolute atomic E-state index is 12.4. The molecule has 3 aromatic carbocycles. The first-order valence-corrected chi connectivity index (χ1v) is 10.7. The molecular formula is C23H21N5O2S. The summed E-state index contributed by atoms with van der Waals surface area (Å²) in [4.78, 5) is 24.6. The fourth-order valence-corrected chi connectivity index (χ4v) is 3.82. The van der Waals surface area contributed by atoms with Crippen LogP contribution < -0.4 is 10.6 Å². The Morgan fingerprint density at radius 1 is 0.839 bits per heavy atom. The van der Waals surface area contributed by atoms with Gasteiger partial charge in [0.2, 0.25) is 11.8 Å². The number of para-hydroxylation sites is 1. The van der Waals surface area contributed by atoms with Crippen molar-refractivity contribution in [1.29, 1.82) is 0 Å². The number of amides is 2. The van der Waals surface area contributed by atoms with Gasteiger partial charge in [-0.2, -0.15) is 0 Å². The topological polar surface area (TPSA) is 88.9 Å². The van der Waals surface area contributed by atoms with Crippen LogP contribution in [0.3, 0.4) is 0 Å². The maximum atomic E-state index is 12.4. The van der Waals surface area contributed by atoms with Gasteiger partial charge in [0, 0.05) is 18.4 Å². The van der Waals surface area contributed by atoms with E-state index in [1.165, 1.54) is 11.8 Å². The van der Waals surface area contributed by atoms with Crippen molar-refractivity contribution in [3.8, 4) is 0 Å². The summed E-state index contributed by atoms with van der Waals surface area (Å²) in [7, 11) is 1.79. The van der Waals surface area contributed by atoms with Crippen molar-refractivity contribution in [1.82, 2.24) is 14.8 Å². The van der Waals surface area contributed by atoms with Crippen LogP contribution in [0.1, 0.15) is 5.82 Å². The van der Waals surface area contributed by atoms with Crippen LogP contribution in [-0.2, 0) is 23.1 Å². The van der Waals surface area contributed by atoms with Crippen molar-refractivity contribution in [3.05, 3.63) is 78.6 Å². The highest BCUT2D eigenvalue weighted by molar-refractivity contribution is 7.99. The molecule has 0 spiro atoms. The Labute approximate surface area is 183 Å². The van der Waals surface area contributed by atoms with Gasteiger partial charge in [-0.25, -0.2) is 0 Å². The van der Waals surface area contributed by atoms with Crippen LogP contribution in [0.5, 0.6) is 0 Å². The van der Waals surface area contributed by atoms with Crippen molar-refractivity contribution in [2.75, 3.05) is 16.4 Å². The highest BCUT2D eigenvalue weighted by Crippen LogP contribution is 2.20. The van der Waals surface area contributed by atoms with Crippen molar-refractivity contribution in [2.24, 2.45) is 7.05 Å². The Balaban J connectivity index is 1.31. The van der Waals surface area contributed by atoms with Crippen LogP contribution in [0.4, 0.5) is 11.4 Å². The molecule has 0 unspecified atom stereocenters. The molecule has 0 atom stereocenters. The SMILES string of the molecule is Cn1c(CC(=O)Nc2ccccc2)nnc1SCC(=O)Nc1ccc2ccccc2c1. The molecule has 4 rings (SSSR count). The van der Waals surface area contributed by atoms with Crippen molar-refractivity contribution >= 4 is 45.7 Å². The van der Waals surface area contributed by atoms with Crippen LogP contribution in [0.15, 0.2) is 78.0 Å². The second kappa shape index (κ2) is 9.44. The Kier molecular flexibility index (Phi) is 6.28. The summed E-state index contributed by atoms with van der Waals surface area (Å²) in [5, 5.41) is 16.7. The Morgan fingerprint density at radius 2 is 1.55 bits per heavy atom. The third-order valence-corrected chi connectivity index (χ3v) is 5.69. The largest absolute Gasteiger partial charge is 0.326 e. The van der Waals surface area contributed by atoms with E-state index in [2.05, 4.69) is 20.8 Å². The second-order valence-corrected chi connectivity index (χ2v) is 7.89. The molecule has 31 heavy (non-hydrogen) atoms. The summed E-state index contributed by atoms with van der Waals surface area (Å²) in [6, 6.07) is 23.1. The molecule has 156 valence electrons. The predicted molar refractivity (Wildman–Crippen MR) is 123 cm³/mol. The zero-order valence-electron chi connectivity index (χ0n) is 16.9. The van der Waals surface area contributed by atoms with Crippen molar-refractivity contribution in [2.45, 2.75) is 11.6 Å². The lowest BCUT2D eigenvalue weighted by Crippen LogP contribution is -2.17. The normalized spacial score (nSPS) is 10.7. The number of fused-ring (bicyclic) bond motifs is 1. The molecule has 8 heteroatoms. The van der Waals surface area contributed by atoms with Gasteiger partial charge >= 0.3 is 0 Å². The number of hydrogen-bond acceptors (Lipinski definition) is 5. The summed E-state index contributed by atoms with van der Waals surface area (Å²) in [6.45, 7) is 0. The molecule has 2 N–H and O–H groups in total. The summed E-state index contributed by atoms with van der Waals surface area (Å²) in [5.74, 6) is 0.416. The quantitative estimate of drug-likeness (QED) is 0.434. The van der Waals surface area contributed by atoms with E-state index in [1.807, 2.05) is 72.8 Å². The minimum atomic E-state index is -0.174. The third-order valence-electron chi connectivity index (χ3n) is 4.67. The van der Waals surface area contributed by atoms with Crippen LogP contribution >= 0.6 is 11.8 Å². The highest BCUT2D eigenvalue weighted by atomic mass is 32.2. The van der Waals surface area contributed by atoms with Gasteiger partial charge in [0.1, 0.15) is 5.82 Å². The number of nitrogens with zero attached hydrogens (tertiary/aromatic N) is 3. The molecule has 2 amide bonds. The Morgan fingerprint density at radius 3 is 2.35 bits per heavy atom. The number of hydrogen-bond donors (Lipinski definition) is 2. The van der Waals surface area contributed by atoms with Gasteiger partial charge in [-0.15, -0.1) is 10.2 Å². The monoisotopic (exact) mass is 431 g/mol. The number of thioether (sulfide) groups is 1. The van der Waals surface area contributed by atoms with Gasteiger partial charge in [0.25, 0.3) is 0 Å². The second-order valence-electron chi connectivity index (χ2n) is 6.95. The first-order chi connectivity index (χ1) is 15.1. The fourth-order valence-electron chi connectivity index (χ4n) is 3.09. The molecule has 1 aromatic heterocycles. The number of aromatic nitrogens is 3. The predicted octanol–water partition coefficient (Wildman–Crippen LogP) is 3.88. The summed E-state index contributed by atoms with van der Waals surface area (Å²) >= 11 is 1.28. The maximum Gasteiger partial charge on any atom is 0.234 e. The molecule has 0 bridgehead atoms. The van der Waals surface area contributed by atoms with Gasteiger partial charge < -0.3 is 15.2 Å². The lowest BCUT2D eigenvalue weighted by atomic mass is 10.1. The lowest BCUT2D eigenvalue weighted by molar-refractivity contribution is -0.116. The molecule has 0 saturated heterocycles. The van der Waals surface area contributed by atoms with E-state index in [1.54, 1.807) is 11.6 Å². The molecule has 0 aliphatic rings. The van der Waals surface area contributed by atoms with E-state index in [0.29, 0.717) is 11.0 Å². The zero-order valence-corrected chi connectivity index (χ0v) is 17.7. The van der Waals surface area contributed by atoms with E-state index in [-0.39, 0.29) is 24.0 Å². The first kappa shape index (κ1) is 20.6. The molecule has 0 radical (unpaired) electrons. The van der Waals surface area contributed by atoms with Gasteiger partial charge in [-0.3, -0.25) is 9.59 Å². The summed E-state index contributed by atoms with van der Waals surface area (Å²) in [5.41, 5.74) is 1.48. The smallest absolute Gasteiger partial charge is 0.234 e.